The summed E-state index contributed by atoms with van der Waals surface area (Å²) in [7, 11) is 0. The number of nitrogens with zero attached hydrogens (tertiary/aromatic N) is 1. The molecule has 0 fully saturated rings. The Hall–Kier alpha value is -2.15. The SMILES string of the molecule is c1cc[n+](Cc2ccc3ccccc3c2)cc1. The Labute approximate surface area is 101 Å². The Morgan fingerprint density at radius 3 is 2.29 bits per heavy atom. The fourth-order valence-electron chi connectivity index (χ4n) is 2.09. The van der Waals surface area contributed by atoms with Crippen LogP contribution in [0.5, 0.6) is 0 Å². The largest absolute Gasteiger partial charge is 0.201 e. The van der Waals surface area contributed by atoms with E-state index in [1.165, 1.54) is 16.3 Å². The maximum Gasteiger partial charge on any atom is 0.173 e. The molecule has 0 aliphatic heterocycles. The lowest BCUT2D eigenvalue weighted by atomic mass is 10.1. The van der Waals surface area contributed by atoms with Crippen molar-refractivity contribution in [1.82, 2.24) is 0 Å². The average molecular weight is 220 g/mol. The molecule has 1 aromatic heterocycles. The van der Waals surface area contributed by atoms with Crippen LogP contribution >= 0.6 is 0 Å². The van der Waals surface area contributed by atoms with Gasteiger partial charge in [0, 0.05) is 17.7 Å². The Morgan fingerprint density at radius 2 is 1.47 bits per heavy atom. The highest BCUT2D eigenvalue weighted by Crippen LogP contribution is 2.15. The van der Waals surface area contributed by atoms with Crippen molar-refractivity contribution in [3.8, 4) is 0 Å². The van der Waals surface area contributed by atoms with Crippen LogP contribution < -0.4 is 4.57 Å². The van der Waals surface area contributed by atoms with Crippen LogP contribution in [0.3, 0.4) is 0 Å². The number of pyridine rings is 1. The lowest BCUT2D eigenvalue weighted by Crippen LogP contribution is -2.32. The average Bonchev–Trinajstić information content (AvgIpc) is 2.40. The highest BCUT2D eigenvalue weighted by Gasteiger charge is 2.01. The van der Waals surface area contributed by atoms with Gasteiger partial charge in [0.25, 0.3) is 0 Å². The second-order valence-corrected chi connectivity index (χ2v) is 4.23. The summed E-state index contributed by atoms with van der Waals surface area (Å²) in [6, 6.07) is 21.3. The maximum absolute atomic E-state index is 2.26. The first kappa shape index (κ1) is 10.0. The van der Waals surface area contributed by atoms with Gasteiger partial charge in [-0.1, -0.05) is 42.5 Å². The van der Waals surface area contributed by atoms with Gasteiger partial charge in [-0.05, 0) is 16.8 Å². The van der Waals surface area contributed by atoms with E-state index in [1.807, 2.05) is 6.07 Å². The first-order valence-electron chi connectivity index (χ1n) is 5.83. The zero-order chi connectivity index (χ0) is 11.5. The van der Waals surface area contributed by atoms with Crippen LogP contribution in [-0.2, 0) is 6.54 Å². The molecule has 82 valence electrons. The van der Waals surface area contributed by atoms with E-state index >= 15 is 0 Å². The summed E-state index contributed by atoms with van der Waals surface area (Å²) in [5.74, 6) is 0. The predicted molar refractivity (Wildman–Crippen MR) is 69.7 cm³/mol. The minimum atomic E-state index is 0.922. The van der Waals surface area contributed by atoms with Crippen molar-refractivity contribution in [2.24, 2.45) is 0 Å². The van der Waals surface area contributed by atoms with E-state index in [4.69, 9.17) is 0 Å². The molecule has 0 saturated heterocycles. The summed E-state index contributed by atoms with van der Waals surface area (Å²) >= 11 is 0. The van der Waals surface area contributed by atoms with E-state index in [9.17, 15) is 0 Å². The van der Waals surface area contributed by atoms with Crippen molar-refractivity contribution >= 4 is 10.8 Å². The van der Waals surface area contributed by atoms with Gasteiger partial charge in [0.05, 0.1) is 0 Å². The highest BCUT2D eigenvalue weighted by atomic mass is 14.9. The molecule has 3 aromatic rings. The zero-order valence-corrected chi connectivity index (χ0v) is 9.58. The summed E-state index contributed by atoms with van der Waals surface area (Å²) in [6.07, 6.45) is 4.18. The van der Waals surface area contributed by atoms with Gasteiger partial charge in [-0.25, -0.2) is 4.57 Å². The summed E-state index contributed by atoms with van der Waals surface area (Å²) in [5, 5.41) is 2.61. The molecule has 2 aromatic carbocycles. The predicted octanol–water partition coefficient (Wildman–Crippen LogP) is 3.18. The lowest BCUT2D eigenvalue weighted by molar-refractivity contribution is -0.688. The van der Waals surface area contributed by atoms with Crippen molar-refractivity contribution < 1.29 is 4.57 Å². The molecule has 0 radical (unpaired) electrons. The van der Waals surface area contributed by atoms with Gasteiger partial charge in [0.1, 0.15) is 0 Å². The molecule has 1 heterocycles. The number of hydrogen-bond acceptors (Lipinski definition) is 0. The Morgan fingerprint density at radius 1 is 0.706 bits per heavy atom. The molecule has 0 unspecified atom stereocenters. The first-order valence-corrected chi connectivity index (χ1v) is 5.83. The molecule has 0 aliphatic rings. The van der Waals surface area contributed by atoms with E-state index < -0.39 is 0 Å². The number of aromatic nitrogens is 1. The highest BCUT2D eigenvalue weighted by molar-refractivity contribution is 5.82. The molecule has 0 amide bonds. The van der Waals surface area contributed by atoms with Crippen molar-refractivity contribution in [3.63, 3.8) is 0 Å². The third-order valence-corrected chi connectivity index (χ3v) is 2.96. The maximum atomic E-state index is 2.26. The molecule has 0 aliphatic carbocycles. The van der Waals surface area contributed by atoms with Gasteiger partial charge >= 0.3 is 0 Å². The molecule has 0 bridgehead atoms. The van der Waals surface area contributed by atoms with Gasteiger partial charge in [-0.15, -0.1) is 0 Å². The Balaban J connectivity index is 1.96. The number of benzene rings is 2. The van der Waals surface area contributed by atoms with Gasteiger partial charge in [0.15, 0.2) is 18.9 Å². The fourth-order valence-corrected chi connectivity index (χ4v) is 2.09. The topological polar surface area (TPSA) is 3.88 Å². The fraction of sp³-hybridized carbons (Fsp3) is 0.0625. The minimum Gasteiger partial charge on any atom is -0.201 e. The third kappa shape index (κ3) is 2.18. The van der Waals surface area contributed by atoms with Crippen LogP contribution in [0.2, 0.25) is 0 Å². The van der Waals surface area contributed by atoms with Gasteiger partial charge in [-0.3, -0.25) is 0 Å². The van der Waals surface area contributed by atoms with Crippen LogP contribution in [0.1, 0.15) is 5.56 Å². The minimum absolute atomic E-state index is 0.922. The van der Waals surface area contributed by atoms with Crippen molar-refractivity contribution in [1.29, 1.82) is 0 Å². The van der Waals surface area contributed by atoms with Crippen LogP contribution in [0.25, 0.3) is 10.8 Å². The molecule has 0 spiro atoms. The van der Waals surface area contributed by atoms with Crippen molar-refractivity contribution in [3.05, 3.63) is 78.6 Å². The normalized spacial score (nSPS) is 10.6. The molecular formula is C16H14N+. The van der Waals surface area contributed by atoms with Crippen molar-refractivity contribution in [2.45, 2.75) is 6.54 Å². The van der Waals surface area contributed by atoms with Crippen LogP contribution in [0, 0.1) is 0 Å². The van der Waals surface area contributed by atoms with Crippen LogP contribution in [0.15, 0.2) is 73.1 Å². The Bertz CT molecular complexity index is 629. The molecule has 0 saturated carbocycles. The summed E-state index contributed by atoms with van der Waals surface area (Å²) < 4.78 is 2.18. The molecule has 1 heteroatoms. The molecule has 3 rings (SSSR count). The quantitative estimate of drug-likeness (QED) is 0.584. The molecule has 0 N–H and O–H groups in total. The summed E-state index contributed by atoms with van der Waals surface area (Å²) in [6.45, 7) is 0.922. The van der Waals surface area contributed by atoms with E-state index in [1.54, 1.807) is 0 Å². The molecule has 17 heavy (non-hydrogen) atoms. The van der Waals surface area contributed by atoms with E-state index in [0.717, 1.165) is 6.54 Å². The first-order chi connectivity index (χ1) is 8.42. The van der Waals surface area contributed by atoms with Crippen LogP contribution in [0.4, 0.5) is 0 Å². The van der Waals surface area contributed by atoms with Gasteiger partial charge < -0.3 is 0 Å². The molecule has 0 atom stereocenters. The molecular weight excluding hydrogens is 206 g/mol. The van der Waals surface area contributed by atoms with Crippen LogP contribution in [-0.4, -0.2) is 0 Å². The third-order valence-electron chi connectivity index (χ3n) is 2.96. The summed E-state index contributed by atoms with van der Waals surface area (Å²) in [4.78, 5) is 0. The van der Waals surface area contributed by atoms with Gasteiger partial charge in [0.2, 0.25) is 0 Å². The summed E-state index contributed by atoms with van der Waals surface area (Å²) in [5.41, 5.74) is 1.33. The smallest absolute Gasteiger partial charge is 0.173 e. The van der Waals surface area contributed by atoms with Gasteiger partial charge in [-0.2, -0.15) is 0 Å². The second-order valence-electron chi connectivity index (χ2n) is 4.23. The lowest BCUT2D eigenvalue weighted by Gasteiger charge is -2.01. The monoisotopic (exact) mass is 220 g/mol. The second kappa shape index (κ2) is 4.38. The van der Waals surface area contributed by atoms with E-state index in [0.29, 0.717) is 0 Å². The number of fused-ring (bicyclic) bond motifs is 1. The zero-order valence-electron chi connectivity index (χ0n) is 9.58. The number of rotatable bonds is 2. The Kier molecular flexibility index (Phi) is 2.59. The van der Waals surface area contributed by atoms with Crippen molar-refractivity contribution in [2.75, 3.05) is 0 Å². The standard InChI is InChI=1S/C16H14N/c1-4-10-17(11-5-1)13-14-8-9-15-6-2-3-7-16(15)12-14/h1-12H,13H2/q+1. The van der Waals surface area contributed by atoms with E-state index in [2.05, 4.69) is 71.6 Å². The molecule has 1 nitrogen and oxygen atoms in total. The number of hydrogen-bond donors (Lipinski definition) is 0. The van der Waals surface area contributed by atoms with E-state index in [-0.39, 0.29) is 0 Å².